The third-order valence-electron chi connectivity index (χ3n) is 5.38. The van der Waals surface area contributed by atoms with E-state index in [1.807, 2.05) is 37.9 Å². The minimum atomic E-state index is -2.91. The number of rotatable bonds is 9. The van der Waals surface area contributed by atoms with E-state index in [4.69, 9.17) is 0 Å². The van der Waals surface area contributed by atoms with Gasteiger partial charge in [-0.25, -0.2) is 23.1 Å². The predicted octanol–water partition coefficient (Wildman–Crippen LogP) is 6.15. The molecule has 6 nitrogen and oxygen atoms in total. The molecule has 0 unspecified atom stereocenters. The van der Waals surface area contributed by atoms with Crippen molar-refractivity contribution in [1.82, 2.24) is 20.3 Å². The summed E-state index contributed by atoms with van der Waals surface area (Å²) in [5.74, 6) is 0.371. The van der Waals surface area contributed by atoms with E-state index in [0.29, 0.717) is 24.5 Å². The average molecular weight is 489 g/mol. The summed E-state index contributed by atoms with van der Waals surface area (Å²) in [5, 5.41) is 5.07. The predicted molar refractivity (Wildman–Crippen MR) is 138 cm³/mol. The molecule has 0 saturated heterocycles. The molecule has 0 spiro atoms. The number of anilines is 1. The standard InChI is InChI=1S/C24H29F3N6.C2H6/c1-15(32(4)5)9-11-33(16(2)19-12-18-8-10-28-24(18)29-14-19)31-17(3)30-20-6-7-22(25)21(13-20)23(26)27;1-2/h6-7,12-14,23H,1-2,8-11H2,3-5H3,(H,28,29)(H,30,31);1-2H3. The van der Waals surface area contributed by atoms with Crippen molar-refractivity contribution in [3.63, 3.8) is 0 Å². The summed E-state index contributed by atoms with van der Waals surface area (Å²) in [6.45, 7) is 15.4. The van der Waals surface area contributed by atoms with Gasteiger partial charge in [0.15, 0.2) is 0 Å². The topological polar surface area (TPSA) is 55.8 Å². The van der Waals surface area contributed by atoms with Gasteiger partial charge in [0.25, 0.3) is 6.43 Å². The van der Waals surface area contributed by atoms with E-state index < -0.39 is 17.8 Å². The fourth-order valence-electron chi connectivity index (χ4n) is 3.39. The van der Waals surface area contributed by atoms with Gasteiger partial charge in [-0.15, -0.1) is 0 Å². The number of nitrogens with one attached hydrogen (secondary N) is 2. The smallest absolute Gasteiger partial charge is 0.266 e. The van der Waals surface area contributed by atoms with Gasteiger partial charge in [-0.1, -0.05) is 27.0 Å². The lowest BCUT2D eigenvalue weighted by Crippen LogP contribution is -2.40. The molecule has 0 fully saturated rings. The Labute approximate surface area is 206 Å². The van der Waals surface area contributed by atoms with Gasteiger partial charge < -0.3 is 10.2 Å². The molecule has 0 bridgehead atoms. The summed E-state index contributed by atoms with van der Waals surface area (Å²) in [5.41, 5.74) is 6.34. The number of amidine groups is 1. The number of benzene rings is 1. The summed E-state index contributed by atoms with van der Waals surface area (Å²) in [6, 6.07) is 5.46. The molecule has 1 aliphatic rings. The molecule has 0 radical (unpaired) electrons. The number of hydrogen-bond acceptors (Lipinski definition) is 5. The second kappa shape index (κ2) is 12.8. The van der Waals surface area contributed by atoms with Crippen LogP contribution < -0.4 is 10.7 Å². The lowest BCUT2D eigenvalue weighted by atomic mass is 10.1. The number of aromatic nitrogens is 1. The normalized spacial score (nSPS) is 12.3. The fourth-order valence-corrected chi connectivity index (χ4v) is 3.39. The molecule has 0 saturated carbocycles. The van der Waals surface area contributed by atoms with Gasteiger partial charge in [-0.2, -0.15) is 0 Å². The van der Waals surface area contributed by atoms with Crippen molar-refractivity contribution in [1.29, 1.82) is 0 Å². The minimum Gasteiger partial charge on any atom is -0.381 e. The molecule has 0 amide bonds. The zero-order chi connectivity index (χ0) is 26.1. The minimum absolute atomic E-state index is 0.227. The van der Waals surface area contributed by atoms with Gasteiger partial charge in [0.2, 0.25) is 0 Å². The lowest BCUT2D eigenvalue weighted by Gasteiger charge is -2.29. The van der Waals surface area contributed by atoms with Crippen LogP contribution >= 0.6 is 0 Å². The van der Waals surface area contributed by atoms with Crippen LogP contribution in [0.4, 0.5) is 24.7 Å². The van der Waals surface area contributed by atoms with Crippen molar-refractivity contribution in [3.8, 4) is 0 Å². The van der Waals surface area contributed by atoms with Crippen LogP contribution in [0.15, 0.2) is 54.3 Å². The first-order chi connectivity index (χ1) is 16.7. The number of nitrogens with zero attached hydrogens (tertiary/aromatic N) is 4. The van der Waals surface area contributed by atoms with Crippen molar-refractivity contribution >= 4 is 23.0 Å². The first-order valence-corrected chi connectivity index (χ1v) is 11.6. The Balaban J connectivity index is 0.00000210. The van der Waals surface area contributed by atoms with E-state index in [-0.39, 0.29) is 5.69 Å². The highest BCUT2D eigenvalue weighted by atomic mass is 19.3. The molecule has 0 atom stereocenters. The van der Waals surface area contributed by atoms with Gasteiger partial charge in [0.05, 0.1) is 16.9 Å². The Morgan fingerprint density at radius 3 is 2.60 bits per heavy atom. The molecular formula is C26H35F3N6. The highest BCUT2D eigenvalue weighted by molar-refractivity contribution is 5.83. The second-order valence-corrected chi connectivity index (χ2v) is 8.03. The molecule has 190 valence electrons. The second-order valence-electron chi connectivity index (χ2n) is 8.03. The number of aliphatic imine (C=N–C) groups is 1. The first kappa shape index (κ1) is 27.8. The molecule has 0 aliphatic carbocycles. The van der Waals surface area contributed by atoms with Crippen LogP contribution in [0.2, 0.25) is 0 Å². The SMILES string of the molecule is C=C(CCN(NC(C)=Nc1ccc(F)c(C(F)F)c1)C(=C)c1cnc2c(c1)CCN2)N(C)C.CC. The Morgan fingerprint density at radius 1 is 1.23 bits per heavy atom. The fraction of sp³-hybridized carbons (Fsp3) is 0.385. The zero-order valence-corrected chi connectivity index (χ0v) is 21.1. The molecular weight excluding hydrogens is 453 g/mol. The van der Waals surface area contributed by atoms with Crippen molar-refractivity contribution in [3.05, 3.63) is 71.8 Å². The van der Waals surface area contributed by atoms with Crippen molar-refractivity contribution in [2.75, 3.05) is 32.5 Å². The first-order valence-electron chi connectivity index (χ1n) is 11.6. The summed E-state index contributed by atoms with van der Waals surface area (Å²) in [6.07, 6.45) is 0.393. The van der Waals surface area contributed by atoms with Gasteiger partial charge in [0.1, 0.15) is 17.5 Å². The van der Waals surface area contributed by atoms with Crippen molar-refractivity contribution in [2.45, 2.75) is 40.0 Å². The lowest BCUT2D eigenvalue weighted by molar-refractivity contribution is 0.146. The van der Waals surface area contributed by atoms with Crippen molar-refractivity contribution in [2.24, 2.45) is 4.99 Å². The summed E-state index contributed by atoms with van der Waals surface area (Å²) in [7, 11) is 3.85. The van der Waals surface area contributed by atoms with E-state index in [9.17, 15) is 13.2 Å². The molecule has 3 rings (SSSR count). The molecule has 2 N–H and O–H groups in total. The molecule has 2 heterocycles. The van der Waals surface area contributed by atoms with Crippen molar-refractivity contribution < 1.29 is 13.2 Å². The average Bonchev–Trinajstić information content (AvgIpc) is 3.31. The summed E-state index contributed by atoms with van der Waals surface area (Å²) in [4.78, 5) is 10.8. The van der Waals surface area contributed by atoms with Gasteiger partial charge in [-0.3, -0.25) is 10.4 Å². The Morgan fingerprint density at radius 2 is 1.94 bits per heavy atom. The third-order valence-corrected chi connectivity index (χ3v) is 5.38. The van der Waals surface area contributed by atoms with Crippen LogP contribution in [0.3, 0.4) is 0 Å². The monoisotopic (exact) mass is 488 g/mol. The highest BCUT2D eigenvalue weighted by Gasteiger charge is 2.17. The van der Waals surface area contributed by atoms with Gasteiger partial charge in [-0.05, 0) is 43.2 Å². The number of halogens is 3. The summed E-state index contributed by atoms with van der Waals surface area (Å²) < 4.78 is 39.7. The maximum atomic E-state index is 13.6. The number of hydrogen-bond donors (Lipinski definition) is 2. The Hall–Kier alpha value is -3.49. The number of fused-ring (bicyclic) bond motifs is 1. The molecule has 1 aromatic carbocycles. The molecule has 35 heavy (non-hydrogen) atoms. The van der Waals surface area contributed by atoms with E-state index in [2.05, 4.69) is 39.9 Å². The van der Waals surface area contributed by atoms with Gasteiger partial charge >= 0.3 is 0 Å². The third kappa shape index (κ3) is 7.50. The summed E-state index contributed by atoms with van der Waals surface area (Å²) >= 11 is 0. The van der Waals surface area contributed by atoms with Crippen LogP contribution in [-0.2, 0) is 6.42 Å². The highest BCUT2D eigenvalue weighted by Crippen LogP contribution is 2.27. The molecule has 9 heteroatoms. The quantitative estimate of drug-likeness (QED) is 0.252. The van der Waals surface area contributed by atoms with Crippen LogP contribution in [0.1, 0.15) is 50.3 Å². The molecule has 1 aliphatic heterocycles. The maximum absolute atomic E-state index is 13.6. The number of alkyl halides is 2. The van der Waals surface area contributed by atoms with Crippen LogP contribution in [0.5, 0.6) is 0 Å². The largest absolute Gasteiger partial charge is 0.381 e. The molecule has 2 aromatic rings. The van der Waals surface area contributed by atoms with E-state index in [1.54, 1.807) is 13.1 Å². The Kier molecular flexibility index (Phi) is 10.2. The van der Waals surface area contributed by atoms with Crippen LogP contribution in [0.25, 0.3) is 5.70 Å². The van der Waals surface area contributed by atoms with E-state index >= 15 is 0 Å². The van der Waals surface area contributed by atoms with Crippen LogP contribution in [0, 0.1) is 5.82 Å². The zero-order valence-electron chi connectivity index (χ0n) is 21.1. The van der Waals surface area contributed by atoms with E-state index in [1.165, 1.54) is 6.07 Å². The maximum Gasteiger partial charge on any atom is 0.266 e. The van der Waals surface area contributed by atoms with E-state index in [0.717, 1.165) is 47.7 Å². The number of pyridine rings is 1. The molecule has 1 aromatic heterocycles. The number of hydrazine groups is 1. The Bertz CT molecular complexity index is 1070. The van der Waals surface area contributed by atoms with Crippen LogP contribution in [-0.4, -0.2) is 47.9 Å². The van der Waals surface area contributed by atoms with Gasteiger partial charge in [0, 0.05) is 51.1 Å².